The molecule has 0 bridgehead atoms. The Labute approximate surface area is 110 Å². The average Bonchev–Trinajstić information content (AvgIpc) is 2.39. The molecule has 0 unspecified atom stereocenters. The number of anilines is 1. The van der Waals surface area contributed by atoms with E-state index in [2.05, 4.69) is 19.1 Å². The topological polar surface area (TPSA) is 46.3 Å². The van der Waals surface area contributed by atoms with E-state index >= 15 is 0 Å². The number of rotatable bonds is 6. The van der Waals surface area contributed by atoms with E-state index in [1.165, 1.54) is 5.56 Å². The van der Waals surface area contributed by atoms with Crippen molar-refractivity contribution in [2.24, 2.45) is 11.7 Å². The number of aryl methyl sites for hydroxylation is 1. The number of hydrogen-bond acceptors (Lipinski definition) is 2. The van der Waals surface area contributed by atoms with Crippen LogP contribution >= 0.6 is 0 Å². The van der Waals surface area contributed by atoms with Crippen LogP contribution in [-0.2, 0) is 11.2 Å². The molecule has 1 amide bonds. The Kier molecular flexibility index (Phi) is 5.86. The van der Waals surface area contributed by atoms with Gasteiger partial charge in [0.05, 0.1) is 0 Å². The minimum atomic E-state index is 0.00799. The standard InChI is InChI=1S/C15H24N2O/c1-4-13-6-8-14(9-7-13)17(11-5-10-16)15(18)12(2)3/h6-9,12H,4-5,10-11,16H2,1-3H3. The summed E-state index contributed by atoms with van der Waals surface area (Å²) in [5, 5.41) is 0. The Bertz CT molecular complexity index is 371. The monoisotopic (exact) mass is 248 g/mol. The number of carbonyl (C=O) groups is 1. The van der Waals surface area contributed by atoms with Crippen LogP contribution in [0.5, 0.6) is 0 Å². The number of carbonyl (C=O) groups excluding carboxylic acids is 1. The first kappa shape index (κ1) is 14.7. The fourth-order valence-corrected chi connectivity index (χ4v) is 1.84. The number of nitrogens with zero attached hydrogens (tertiary/aromatic N) is 1. The minimum absolute atomic E-state index is 0.00799. The molecule has 0 saturated carbocycles. The third-order valence-electron chi connectivity index (χ3n) is 3.00. The van der Waals surface area contributed by atoms with Gasteiger partial charge in [0.25, 0.3) is 0 Å². The zero-order chi connectivity index (χ0) is 13.5. The van der Waals surface area contributed by atoms with Crippen molar-refractivity contribution in [2.45, 2.75) is 33.6 Å². The van der Waals surface area contributed by atoms with E-state index in [1.807, 2.05) is 30.9 Å². The zero-order valence-corrected chi connectivity index (χ0v) is 11.6. The van der Waals surface area contributed by atoms with Gasteiger partial charge in [-0.2, -0.15) is 0 Å². The van der Waals surface area contributed by atoms with E-state index in [-0.39, 0.29) is 11.8 Å². The quantitative estimate of drug-likeness (QED) is 0.841. The lowest BCUT2D eigenvalue weighted by Gasteiger charge is -2.24. The molecule has 0 saturated heterocycles. The van der Waals surface area contributed by atoms with Crippen LogP contribution in [0.3, 0.4) is 0 Å². The van der Waals surface area contributed by atoms with E-state index in [9.17, 15) is 4.79 Å². The third-order valence-corrected chi connectivity index (χ3v) is 3.00. The van der Waals surface area contributed by atoms with Crippen LogP contribution in [0.25, 0.3) is 0 Å². The lowest BCUT2D eigenvalue weighted by molar-refractivity contribution is -0.121. The van der Waals surface area contributed by atoms with Crippen LogP contribution in [0.4, 0.5) is 5.69 Å². The lowest BCUT2D eigenvalue weighted by atomic mass is 10.1. The van der Waals surface area contributed by atoms with Gasteiger partial charge >= 0.3 is 0 Å². The first-order chi connectivity index (χ1) is 8.60. The van der Waals surface area contributed by atoms with Gasteiger partial charge in [-0.15, -0.1) is 0 Å². The summed E-state index contributed by atoms with van der Waals surface area (Å²) in [5.41, 5.74) is 7.80. The maximum Gasteiger partial charge on any atom is 0.229 e. The summed E-state index contributed by atoms with van der Waals surface area (Å²) in [4.78, 5) is 14.0. The van der Waals surface area contributed by atoms with Gasteiger partial charge in [0.2, 0.25) is 5.91 Å². The molecule has 100 valence electrons. The molecule has 2 N–H and O–H groups in total. The molecule has 3 heteroatoms. The second-order valence-corrected chi connectivity index (χ2v) is 4.81. The van der Waals surface area contributed by atoms with Crippen LogP contribution < -0.4 is 10.6 Å². The molecule has 0 heterocycles. The van der Waals surface area contributed by atoms with Crippen molar-refractivity contribution in [1.29, 1.82) is 0 Å². The SMILES string of the molecule is CCc1ccc(N(CCCN)C(=O)C(C)C)cc1. The summed E-state index contributed by atoms with van der Waals surface area (Å²) in [5.74, 6) is 0.168. The number of hydrogen-bond donors (Lipinski definition) is 1. The van der Waals surface area contributed by atoms with Gasteiger partial charge in [-0.3, -0.25) is 4.79 Å². The Hall–Kier alpha value is -1.35. The molecule has 0 aromatic heterocycles. The van der Waals surface area contributed by atoms with Crippen molar-refractivity contribution in [3.05, 3.63) is 29.8 Å². The fraction of sp³-hybridized carbons (Fsp3) is 0.533. The molecule has 3 nitrogen and oxygen atoms in total. The molecule has 0 radical (unpaired) electrons. The van der Waals surface area contributed by atoms with E-state index in [0.29, 0.717) is 13.1 Å². The molecule has 1 aromatic rings. The summed E-state index contributed by atoms with van der Waals surface area (Å²) in [6.07, 6.45) is 1.84. The molecule has 0 fully saturated rings. The summed E-state index contributed by atoms with van der Waals surface area (Å²) >= 11 is 0. The Morgan fingerprint density at radius 2 is 1.89 bits per heavy atom. The normalized spacial score (nSPS) is 10.7. The maximum atomic E-state index is 12.2. The van der Waals surface area contributed by atoms with Crippen molar-refractivity contribution < 1.29 is 4.79 Å². The first-order valence-electron chi connectivity index (χ1n) is 6.70. The highest BCUT2D eigenvalue weighted by molar-refractivity contribution is 5.94. The van der Waals surface area contributed by atoms with E-state index < -0.39 is 0 Å². The van der Waals surface area contributed by atoms with Crippen molar-refractivity contribution >= 4 is 11.6 Å². The molecule has 1 aromatic carbocycles. The second-order valence-electron chi connectivity index (χ2n) is 4.81. The molecule has 1 rings (SSSR count). The Morgan fingerprint density at radius 3 is 2.33 bits per heavy atom. The van der Waals surface area contributed by atoms with E-state index in [4.69, 9.17) is 5.73 Å². The van der Waals surface area contributed by atoms with Crippen molar-refractivity contribution in [1.82, 2.24) is 0 Å². The Morgan fingerprint density at radius 1 is 1.28 bits per heavy atom. The third kappa shape index (κ3) is 3.84. The number of nitrogens with two attached hydrogens (primary N) is 1. The molecule has 0 atom stereocenters. The highest BCUT2D eigenvalue weighted by Crippen LogP contribution is 2.18. The molecular formula is C15H24N2O. The van der Waals surface area contributed by atoms with Gasteiger partial charge in [-0.1, -0.05) is 32.9 Å². The van der Waals surface area contributed by atoms with E-state index in [0.717, 1.165) is 18.5 Å². The molecule has 0 aliphatic carbocycles. The van der Waals surface area contributed by atoms with Crippen LogP contribution in [-0.4, -0.2) is 19.0 Å². The number of benzene rings is 1. The molecular weight excluding hydrogens is 224 g/mol. The highest BCUT2D eigenvalue weighted by Gasteiger charge is 2.18. The predicted octanol–water partition coefficient (Wildman–Crippen LogP) is 2.59. The molecule has 18 heavy (non-hydrogen) atoms. The fourth-order valence-electron chi connectivity index (χ4n) is 1.84. The van der Waals surface area contributed by atoms with Crippen LogP contribution in [0, 0.1) is 5.92 Å². The van der Waals surface area contributed by atoms with Crippen molar-refractivity contribution in [3.63, 3.8) is 0 Å². The van der Waals surface area contributed by atoms with Crippen molar-refractivity contribution in [2.75, 3.05) is 18.0 Å². The van der Waals surface area contributed by atoms with Gasteiger partial charge in [-0.05, 0) is 37.1 Å². The van der Waals surface area contributed by atoms with Gasteiger partial charge < -0.3 is 10.6 Å². The predicted molar refractivity (Wildman–Crippen MR) is 76.7 cm³/mol. The van der Waals surface area contributed by atoms with Gasteiger partial charge in [0, 0.05) is 18.2 Å². The lowest BCUT2D eigenvalue weighted by Crippen LogP contribution is -2.35. The summed E-state index contributed by atoms with van der Waals surface area (Å²) in [7, 11) is 0. The molecule has 0 aliphatic rings. The van der Waals surface area contributed by atoms with Crippen LogP contribution in [0.15, 0.2) is 24.3 Å². The summed E-state index contributed by atoms with van der Waals surface area (Å²) < 4.78 is 0. The van der Waals surface area contributed by atoms with E-state index in [1.54, 1.807) is 0 Å². The Balaban J connectivity index is 2.89. The van der Waals surface area contributed by atoms with Crippen LogP contribution in [0.2, 0.25) is 0 Å². The maximum absolute atomic E-state index is 12.2. The highest BCUT2D eigenvalue weighted by atomic mass is 16.2. The van der Waals surface area contributed by atoms with Crippen LogP contribution in [0.1, 0.15) is 32.8 Å². The molecule has 0 aliphatic heterocycles. The van der Waals surface area contributed by atoms with Gasteiger partial charge in [0.1, 0.15) is 0 Å². The van der Waals surface area contributed by atoms with Gasteiger partial charge in [-0.25, -0.2) is 0 Å². The van der Waals surface area contributed by atoms with Crippen molar-refractivity contribution in [3.8, 4) is 0 Å². The molecule has 0 spiro atoms. The largest absolute Gasteiger partial charge is 0.330 e. The summed E-state index contributed by atoms with van der Waals surface area (Å²) in [6, 6.07) is 8.21. The number of amides is 1. The average molecular weight is 248 g/mol. The first-order valence-corrected chi connectivity index (χ1v) is 6.70. The zero-order valence-electron chi connectivity index (χ0n) is 11.6. The smallest absolute Gasteiger partial charge is 0.229 e. The second kappa shape index (κ2) is 7.17. The minimum Gasteiger partial charge on any atom is -0.330 e. The van der Waals surface area contributed by atoms with Gasteiger partial charge in [0.15, 0.2) is 0 Å². The summed E-state index contributed by atoms with van der Waals surface area (Å²) in [6.45, 7) is 7.28.